The molecule has 2 rings (SSSR count). The topological polar surface area (TPSA) is 50.8 Å². The number of ether oxygens (including phenoxy) is 1. The van der Waals surface area contributed by atoms with E-state index < -0.39 is 0 Å². The van der Waals surface area contributed by atoms with Gasteiger partial charge in [-0.3, -0.25) is 4.68 Å². The fraction of sp³-hybridized carbons (Fsp3) is 0.167. The zero-order valence-electron chi connectivity index (χ0n) is 8.92. The van der Waals surface area contributed by atoms with Crippen molar-refractivity contribution in [3.63, 3.8) is 0 Å². The number of aryl methyl sites for hydroxylation is 1. The smallest absolute Gasteiger partial charge is 0.165 e. The Labute approximate surface area is 93.7 Å². The Hall–Kier alpha value is -2.28. The first-order valence-corrected chi connectivity index (χ1v) is 5.03. The third-order valence-corrected chi connectivity index (χ3v) is 2.17. The van der Waals surface area contributed by atoms with Gasteiger partial charge in [0.2, 0.25) is 0 Å². The van der Waals surface area contributed by atoms with Crippen molar-refractivity contribution in [1.29, 1.82) is 5.26 Å². The molecule has 80 valence electrons. The fourth-order valence-corrected chi connectivity index (χ4v) is 1.35. The van der Waals surface area contributed by atoms with Crippen molar-refractivity contribution in [1.82, 2.24) is 9.78 Å². The van der Waals surface area contributed by atoms with Crippen LogP contribution in [0.15, 0.2) is 36.7 Å². The molecule has 0 N–H and O–H groups in total. The van der Waals surface area contributed by atoms with Crippen molar-refractivity contribution in [3.05, 3.63) is 42.2 Å². The van der Waals surface area contributed by atoms with Gasteiger partial charge in [-0.1, -0.05) is 12.1 Å². The lowest BCUT2D eigenvalue weighted by Gasteiger charge is -2.03. The Kier molecular flexibility index (Phi) is 2.88. The average molecular weight is 213 g/mol. The number of aromatic nitrogens is 2. The molecule has 0 unspecified atom stereocenters. The molecule has 0 aliphatic rings. The average Bonchev–Trinajstić information content (AvgIpc) is 2.77. The second-order valence-corrected chi connectivity index (χ2v) is 3.24. The fourth-order valence-electron chi connectivity index (χ4n) is 1.35. The lowest BCUT2D eigenvalue weighted by Crippen LogP contribution is -1.92. The first-order chi connectivity index (χ1) is 7.83. The summed E-state index contributed by atoms with van der Waals surface area (Å²) in [6.45, 7) is 2.79. The van der Waals surface area contributed by atoms with E-state index in [1.54, 1.807) is 35.3 Å². The molecule has 1 heterocycles. The summed E-state index contributed by atoms with van der Waals surface area (Å²) in [5, 5.41) is 13.0. The largest absolute Gasteiger partial charge is 0.453 e. The maximum atomic E-state index is 8.90. The summed E-state index contributed by atoms with van der Waals surface area (Å²) in [4.78, 5) is 0. The number of hydrogen-bond donors (Lipinski definition) is 0. The van der Waals surface area contributed by atoms with Gasteiger partial charge in [-0.25, -0.2) is 0 Å². The maximum Gasteiger partial charge on any atom is 0.165 e. The van der Waals surface area contributed by atoms with Crippen molar-refractivity contribution >= 4 is 0 Å². The molecule has 0 aliphatic carbocycles. The molecule has 0 radical (unpaired) electrons. The van der Waals surface area contributed by atoms with Gasteiger partial charge in [0.05, 0.1) is 18.0 Å². The minimum absolute atomic E-state index is 0.520. The summed E-state index contributed by atoms with van der Waals surface area (Å²) in [6, 6.07) is 9.21. The third kappa shape index (κ3) is 2.04. The second kappa shape index (κ2) is 4.49. The van der Waals surface area contributed by atoms with E-state index in [-0.39, 0.29) is 0 Å². The summed E-state index contributed by atoms with van der Waals surface area (Å²) in [5.41, 5.74) is 0.520. The summed E-state index contributed by atoms with van der Waals surface area (Å²) in [5.74, 6) is 1.20. The minimum Gasteiger partial charge on any atom is -0.453 e. The summed E-state index contributed by atoms with van der Waals surface area (Å²) in [7, 11) is 0. The van der Waals surface area contributed by atoms with Crippen molar-refractivity contribution in [3.8, 4) is 17.6 Å². The Bertz CT molecular complexity index is 525. The molecule has 1 aromatic carbocycles. The Morgan fingerprint density at radius 1 is 1.44 bits per heavy atom. The molecule has 0 atom stereocenters. The van der Waals surface area contributed by atoms with Crippen molar-refractivity contribution in [2.24, 2.45) is 0 Å². The standard InChI is InChI=1S/C12H11N3O/c1-2-15-9-11(8-14-15)16-12-6-4-3-5-10(12)7-13/h3-6,8-9H,2H2,1H3. The van der Waals surface area contributed by atoms with E-state index in [1.807, 2.05) is 13.0 Å². The Morgan fingerprint density at radius 3 is 2.94 bits per heavy atom. The van der Waals surface area contributed by atoms with E-state index in [1.165, 1.54) is 0 Å². The van der Waals surface area contributed by atoms with Crippen LogP contribution in [0.1, 0.15) is 12.5 Å². The highest BCUT2D eigenvalue weighted by atomic mass is 16.5. The van der Waals surface area contributed by atoms with Gasteiger partial charge in [-0.05, 0) is 19.1 Å². The highest BCUT2D eigenvalue weighted by Gasteiger charge is 2.04. The van der Waals surface area contributed by atoms with Crippen LogP contribution in [0, 0.1) is 11.3 Å². The third-order valence-electron chi connectivity index (χ3n) is 2.17. The van der Waals surface area contributed by atoms with E-state index in [0.717, 1.165) is 6.54 Å². The van der Waals surface area contributed by atoms with Crippen LogP contribution in [0.25, 0.3) is 0 Å². The number of nitrogens with zero attached hydrogens (tertiary/aromatic N) is 3. The zero-order chi connectivity index (χ0) is 11.4. The molecule has 2 aromatic rings. The molecule has 0 saturated heterocycles. The molecule has 4 nitrogen and oxygen atoms in total. The van der Waals surface area contributed by atoms with Gasteiger partial charge in [0.25, 0.3) is 0 Å². The normalized spacial score (nSPS) is 9.75. The molecule has 0 amide bonds. The van der Waals surface area contributed by atoms with Gasteiger partial charge in [-0.15, -0.1) is 0 Å². The molecule has 0 spiro atoms. The first kappa shape index (κ1) is 10.2. The Balaban J connectivity index is 2.24. The van der Waals surface area contributed by atoms with Crippen LogP contribution in [-0.4, -0.2) is 9.78 Å². The molecule has 16 heavy (non-hydrogen) atoms. The van der Waals surface area contributed by atoms with E-state index in [4.69, 9.17) is 10.00 Å². The minimum atomic E-state index is 0.520. The van der Waals surface area contributed by atoms with Gasteiger partial charge < -0.3 is 4.74 Å². The molecule has 0 aliphatic heterocycles. The van der Waals surface area contributed by atoms with Gasteiger partial charge in [0, 0.05) is 6.54 Å². The molecular weight excluding hydrogens is 202 g/mol. The molecule has 4 heteroatoms. The van der Waals surface area contributed by atoms with E-state index in [2.05, 4.69) is 11.2 Å². The van der Waals surface area contributed by atoms with E-state index in [9.17, 15) is 0 Å². The second-order valence-electron chi connectivity index (χ2n) is 3.24. The van der Waals surface area contributed by atoms with Crippen LogP contribution >= 0.6 is 0 Å². The monoisotopic (exact) mass is 213 g/mol. The SMILES string of the molecule is CCn1cc(Oc2ccccc2C#N)cn1. The molecule has 1 aromatic heterocycles. The van der Waals surface area contributed by atoms with Crippen LogP contribution in [-0.2, 0) is 6.54 Å². The number of para-hydroxylation sites is 1. The predicted molar refractivity (Wildman–Crippen MR) is 59.1 cm³/mol. The highest BCUT2D eigenvalue weighted by molar-refractivity contribution is 5.44. The molecular formula is C12H11N3O. The zero-order valence-corrected chi connectivity index (χ0v) is 8.92. The lowest BCUT2D eigenvalue weighted by atomic mass is 10.2. The van der Waals surface area contributed by atoms with Crippen molar-refractivity contribution in [2.45, 2.75) is 13.5 Å². The number of nitriles is 1. The Morgan fingerprint density at radius 2 is 2.25 bits per heavy atom. The van der Waals surface area contributed by atoms with Gasteiger partial charge in [0.1, 0.15) is 11.8 Å². The van der Waals surface area contributed by atoms with Gasteiger partial charge in [0.15, 0.2) is 5.75 Å². The van der Waals surface area contributed by atoms with Crippen LogP contribution in [0.2, 0.25) is 0 Å². The first-order valence-electron chi connectivity index (χ1n) is 5.03. The summed E-state index contributed by atoms with van der Waals surface area (Å²) in [6.07, 6.45) is 3.44. The highest BCUT2D eigenvalue weighted by Crippen LogP contribution is 2.23. The van der Waals surface area contributed by atoms with Crippen LogP contribution in [0.4, 0.5) is 0 Å². The summed E-state index contributed by atoms with van der Waals surface area (Å²) < 4.78 is 7.35. The number of rotatable bonds is 3. The maximum absolute atomic E-state index is 8.90. The quantitative estimate of drug-likeness (QED) is 0.787. The van der Waals surface area contributed by atoms with Crippen LogP contribution in [0.3, 0.4) is 0 Å². The van der Waals surface area contributed by atoms with Crippen molar-refractivity contribution in [2.75, 3.05) is 0 Å². The summed E-state index contributed by atoms with van der Waals surface area (Å²) >= 11 is 0. The van der Waals surface area contributed by atoms with Crippen LogP contribution < -0.4 is 4.74 Å². The van der Waals surface area contributed by atoms with Crippen molar-refractivity contribution < 1.29 is 4.74 Å². The van der Waals surface area contributed by atoms with E-state index in [0.29, 0.717) is 17.1 Å². The van der Waals surface area contributed by atoms with Gasteiger partial charge >= 0.3 is 0 Å². The number of hydrogen-bond acceptors (Lipinski definition) is 3. The lowest BCUT2D eigenvalue weighted by molar-refractivity contribution is 0.479. The molecule has 0 saturated carbocycles. The van der Waals surface area contributed by atoms with Gasteiger partial charge in [-0.2, -0.15) is 10.4 Å². The predicted octanol–water partition coefficient (Wildman–Crippen LogP) is 2.57. The molecule has 0 bridgehead atoms. The van der Waals surface area contributed by atoms with Crippen LogP contribution in [0.5, 0.6) is 11.5 Å². The number of benzene rings is 1. The van der Waals surface area contributed by atoms with E-state index >= 15 is 0 Å². The molecule has 0 fully saturated rings.